The summed E-state index contributed by atoms with van der Waals surface area (Å²) in [5.41, 5.74) is -2.21. The summed E-state index contributed by atoms with van der Waals surface area (Å²) in [4.78, 5) is 55.1. The zero-order valence-corrected chi connectivity index (χ0v) is 20.3. The standard InChI is InChI=1S/C24H25F4N5O4/c1-11-15(20(35)31-13-6-7-30-17(12(2)25)16(13)26)14-5-4-8-33(14)18(11)19(34)21(36)32-23(22(37)29-3)9-24(27,28)10-23/h6-7,12H,4-5,8-10H2,1-3H3,(H,29,37)(H,32,36)(H,30,31,35). The van der Waals surface area contributed by atoms with Crippen molar-refractivity contribution in [3.8, 4) is 0 Å². The van der Waals surface area contributed by atoms with Gasteiger partial charge in [0.15, 0.2) is 5.82 Å². The number of aromatic nitrogens is 2. The summed E-state index contributed by atoms with van der Waals surface area (Å²) in [5, 5.41) is 6.77. The molecule has 1 fully saturated rings. The maximum absolute atomic E-state index is 14.6. The minimum absolute atomic E-state index is 0.0518. The van der Waals surface area contributed by atoms with E-state index in [4.69, 9.17) is 0 Å². The molecule has 0 radical (unpaired) electrons. The van der Waals surface area contributed by atoms with Gasteiger partial charge in [0.05, 0.1) is 16.9 Å². The molecule has 1 saturated carbocycles. The number of pyridine rings is 1. The van der Waals surface area contributed by atoms with Crippen LogP contribution in [0.1, 0.15) is 70.2 Å². The Bertz CT molecular complexity index is 1310. The zero-order valence-electron chi connectivity index (χ0n) is 20.3. The van der Waals surface area contributed by atoms with Gasteiger partial charge in [-0.3, -0.25) is 24.2 Å². The Hall–Kier alpha value is -3.77. The van der Waals surface area contributed by atoms with Gasteiger partial charge in [-0.15, -0.1) is 0 Å². The first-order valence-corrected chi connectivity index (χ1v) is 11.6. The zero-order chi connectivity index (χ0) is 27.3. The first kappa shape index (κ1) is 26.3. The summed E-state index contributed by atoms with van der Waals surface area (Å²) in [6.45, 7) is 2.85. The molecule has 37 heavy (non-hydrogen) atoms. The Kier molecular flexibility index (Phi) is 6.59. The van der Waals surface area contributed by atoms with Gasteiger partial charge in [0.25, 0.3) is 23.5 Å². The van der Waals surface area contributed by atoms with Crippen LogP contribution in [0.5, 0.6) is 0 Å². The Labute approximate surface area is 209 Å². The molecule has 0 saturated heterocycles. The van der Waals surface area contributed by atoms with Crippen molar-refractivity contribution in [3.63, 3.8) is 0 Å². The summed E-state index contributed by atoms with van der Waals surface area (Å²) in [6.07, 6.45) is -1.53. The fraction of sp³-hybridized carbons (Fsp3) is 0.458. The number of ketones is 1. The van der Waals surface area contributed by atoms with Gasteiger partial charge >= 0.3 is 0 Å². The fourth-order valence-corrected chi connectivity index (χ4v) is 5.09. The molecule has 3 N–H and O–H groups in total. The number of alkyl halides is 3. The van der Waals surface area contributed by atoms with E-state index in [1.807, 2.05) is 0 Å². The van der Waals surface area contributed by atoms with E-state index in [1.54, 1.807) is 0 Å². The number of carbonyl (C=O) groups excluding carboxylic acids is 4. The van der Waals surface area contributed by atoms with E-state index in [9.17, 15) is 36.7 Å². The van der Waals surface area contributed by atoms with Gasteiger partial charge in [-0.1, -0.05) is 0 Å². The van der Waals surface area contributed by atoms with E-state index in [0.29, 0.717) is 25.1 Å². The molecule has 2 aliphatic rings. The third-order valence-electron chi connectivity index (χ3n) is 6.73. The average molecular weight is 523 g/mol. The monoisotopic (exact) mass is 523 g/mol. The fourth-order valence-electron chi connectivity index (χ4n) is 5.09. The van der Waals surface area contributed by atoms with Gasteiger partial charge in [0.1, 0.15) is 17.4 Å². The number of fused-ring (bicyclic) bond motifs is 1. The van der Waals surface area contributed by atoms with Crippen molar-refractivity contribution in [1.29, 1.82) is 0 Å². The lowest BCUT2D eigenvalue weighted by atomic mass is 9.72. The lowest BCUT2D eigenvalue weighted by Gasteiger charge is -2.45. The number of rotatable bonds is 7. The van der Waals surface area contributed by atoms with Crippen LogP contribution in [0.3, 0.4) is 0 Å². The summed E-state index contributed by atoms with van der Waals surface area (Å²) in [7, 11) is 1.23. The van der Waals surface area contributed by atoms with Crippen molar-refractivity contribution in [2.24, 2.45) is 0 Å². The molecule has 4 rings (SSSR count). The Balaban J connectivity index is 1.63. The van der Waals surface area contributed by atoms with Crippen LogP contribution in [0.4, 0.5) is 23.2 Å². The maximum atomic E-state index is 14.6. The molecule has 13 heteroatoms. The Morgan fingerprint density at radius 2 is 1.86 bits per heavy atom. The number of hydrogen-bond acceptors (Lipinski definition) is 5. The number of amides is 3. The van der Waals surface area contributed by atoms with Crippen LogP contribution in [0.15, 0.2) is 12.3 Å². The molecule has 3 amide bonds. The van der Waals surface area contributed by atoms with Crippen LogP contribution in [-0.4, -0.2) is 51.6 Å². The van der Waals surface area contributed by atoms with E-state index in [2.05, 4.69) is 20.9 Å². The van der Waals surface area contributed by atoms with Crippen molar-refractivity contribution in [3.05, 3.63) is 46.3 Å². The number of hydrogen-bond donors (Lipinski definition) is 3. The largest absolute Gasteiger partial charge is 0.357 e. The van der Waals surface area contributed by atoms with Crippen molar-refractivity contribution < 1.29 is 36.7 Å². The van der Waals surface area contributed by atoms with E-state index in [-0.39, 0.29) is 22.5 Å². The van der Waals surface area contributed by atoms with Crippen LogP contribution in [0.2, 0.25) is 0 Å². The molecular formula is C24H25F4N5O4. The summed E-state index contributed by atoms with van der Waals surface area (Å²) in [6, 6.07) is 1.16. The van der Waals surface area contributed by atoms with Gasteiger partial charge in [-0.25, -0.2) is 17.6 Å². The number of likely N-dealkylation sites (N-methyl/N-ethyl adjacent to an activating group) is 1. The predicted octanol–water partition coefficient (Wildman–Crippen LogP) is 2.77. The summed E-state index contributed by atoms with van der Waals surface area (Å²) >= 11 is 0. The smallest absolute Gasteiger partial charge is 0.294 e. The Morgan fingerprint density at radius 3 is 2.46 bits per heavy atom. The quantitative estimate of drug-likeness (QED) is 0.293. The molecule has 1 aliphatic heterocycles. The van der Waals surface area contributed by atoms with E-state index >= 15 is 0 Å². The second kappa shape index (κ2) is 9.27. The van der Waals surface area contributed by atoms with Gasteiger partial charge in [-0.2, -0.15) is 0 Å². The predicted molar refractivity (Wildman–Crippen MR) is 123 cm³/mol. The minimum atomic E-state index is -3.16. The highest BCUT2D eigenvalue weighted by atomic mass is 19.3. The third kappa shape index (κ3) is 4.46. The molecule has 1 aliphatic carbocycles. The molecule has 2 aromatic rings. The first-order chi connectivity index (χ1) is 17.3. The minimum Gasteiger partial charge on any atom is -0.357 e. The number of halogens is 4. The van der Waals surface area contributed by atoms with Crippen LogP contribution in [-0.2, 0) is 22.6 Å². The molecule has 1 unspecified atom stereocenters. The van der Waals surface area contributed by atoms with Gasteiger partial charge < -0.3 is 20.5 Å². The molecule has 0 bridgehead atoms. The number of anilines is 1. The van der Waals surface area contributed by atoms with Crippen molar-refractivity contribution >= 4 is 29.2 Å². The molecule has 2 aromatic heterocycles. The normalized spacial score (nSPS) is 17.8. The number of carbonyl (C=O) groups is 4. The lowest BCUT2D eigenvalue weighted by molar-refractivity contribution is -0.164. The lowest BCUT2D eigenvalue weighted by Crippen LogP contribution is -2.69. The van der Waals surface area contributed by atoms with E-state index in [0.717, 1.165) is 19.2 Å². The molecule has 1 atom stereocenters. The first-order valence-electron chi connectivity index (χ1n) is 11.6. The molecule has 198 valence electrons. The van der Waals surface area contributed by atoms with E-state index < -0.39 is 65.5 Å². The van der Waals surface area contributed by atoms with Crippen LogP contribution in [0.25, 0.3) is 0 Å². The van der Waals surface area contributed by atoms with Gasteiger partial charge in [0, 0.05) is 38.3 Å². The van der Waals surface area contributed by atoms with Gasteiger partial charge in [0.2, 0.25) is 5.91 Å². The summed E-state index contributed by atoms with van der Waals surface area (Å²) < 4.78 is 57.0. The molecule has 0 aromatic carbocycles. The molecule has 3 heterocycles. The molecule has 9 nitrogen and oxygen atoms in total. The average Bonchev–Trinajstić information content (AvgIpc) is 3.37. The van der Waals surface area contributed by atoms with Crippen molar-refractivity contribution in [2.75, 3.05) is 12.4 Å². The number of nitrogens with zero attached hydrogens (tertiary/aromatic N) is 2. The van der Waals surface area contributed by atoms with Crippen LogP contribution >= 0.6 is 0 Å². The second-order valence-electron chi connectivity index (χ2n) is 9.33. The SMILES string of the molecule is CNC(=O)C1(NC(=O)C(=O)c2c(C)c(C(=O)Nc3ccnc(C(C)F)c3F)c3n2CCC3)CC(F)(F)C1. The van der Waals surface area contributed by atoms with Crippen molar-refractivity contribution in [2.45, 2.75) is 63.7 Å². The second-order valence-corrected chi connectivity index (χ2v) is 9.33. The number of Topliss-reactive ketones (excluding diaryl/α,β-unsaturated/α-hetero) is 1. The highest BCUT2D eigenvalue weighted by Gasteiger charge is 2.62. The third-order valence-corrected chi connectivity index (χ3v) is 6.73. The van der Waals surface area contributed by atoms with Crippen LogP contribution < -0.4 is 16.0 Å². The highest BCUT2D eigenvalue weighted by molar-refractivity contribution is 6.43. The number of nitrogens with one attached hydrogen (secondary N) is 3. The van der Waals surface area contributed by atoms with Crippen molar-refractivity contribution in [1.82, 2.24) is 20.2 Å². The maximum Gasteiger partial charge on any atom is 0.294 e. The topological polar surface area (TPSA) is 122 Å². The van der Waals surface area contributed by atoms with Gasteiger partial charge in [-0.05, 0) is 38.3 Å². The molecule has 0 spiro atoms. The molecular weight excluding hydrogens is 498 g/mol. The highest BCUT2D eigenvalue weighted by Crippen LogP contribution is 2.46. The summed E-state index contributed by atoms with van der Waals surface area (Å²) in [5.74, 6) is -8.18. The Morgan fingerprint density at radius 1 is 1.19 bits per heavy atom. The van der Waals surface area contributed by atoms with Crippen LogP contribution in [0, 0.1) is 12.7 Å². The van der Waals surface area contributed by atoms with E-state index in [1.165, 1.54) is 18.5 Å².